The van der Waals surface area contributed by atoms with Gasteiger partial charge in [-0.1, -0.05) is 13.8 Å². The second-order valence-corrected chi connectivity index (χ2v) is 5.62. The van der Waals surface area contributed by atoms with Gasteiger partial charge in [-0.15, -0.1) is 0 Å². The van der Waals surface area contributed by atoms with Crippen LogP contribution in [0.4, 0.5) is 0 Å². The first-order valence-electron chi connectivity index (χ1n) is 5.98. The summed E-state index contributed by atoms with van der Waals surface area (Å²) in [5, 5.41) is 0. The van der Waals surface area contributed by atoms with Gasteiger partial charge < -0.3 is 15.2 Å². The Bertz CT molecular complexity index is 218. The third-order valence-electron chi connectivity index (χ3n) is 4.58. The van der Waals surface area contributed by atoms with E-state index in [0.717, 1.165) is 38.9 Å². The maximum atomic E-state index is 5.92. The van der Waals surface area contributed by atoms with Gasteiger partial charge in [0.1, 0.15) is 0 Å². The number of hydrogen-bond acceptors (Lipinski definition) is 3. The highest BCUT2D eigenvalue weighted by molar-refractivity contribution is 5.02. The van der Waals surface area contributed by atoms with Crippen molar-refractivity contribution in [1.29, 1.82) is 0 Å². The van der Waals surface area contributed by atoms with Crippen LogP contribution < -0.4 is 5.73 Å². The smallest absolute Gasteiger partial charge is 0.0553 e. The van der Waals surface area contributed by atoms with Crippen LogP contribution in [-0.2, 0) is 9.47 Å². The normalized spacial score (nSPS) is 27.4. The van der Waals surface area contributed by atoms with Gasteiger partial charge in [0.15, 0.2) is 0 Å². The van der Waals surface area contributed by atoms with Crippen LogP contribution in [-0.4, -0.2) is 33.0 Å². The van der Waals surface area contributed by atoms with E-state index in [9.17, 15) is 0 Å². The lowest BCUT2D eigenvalue weighted by Crippen LogP contribution is -2.60. The second kappa shape index (κ2) is 4.04. The number of hydrogen-bond donors (Lipinski definition) is 1. The molecule has 2 rings (SSSR count). The van der Waals surface area contributed by atoms with Gasteiger partial charge in [0.05, 0.1) is 13.2 Å². The lowest BCUT2D eigenvalue weighted by molar-refractivity contribution is -0.216. The van der Waals surface area contributed by atoms with E-state index in [4.69, 9.17) is 15.2 Å². The van der Waals surface area contributed by atoms with Crippen molar-refractivity contribution in [3.8, 4) is 0 Å². The summed E-state index contributed by atoms with van der Waals surface area (Å²) in [7, 11) is 0. The molecule has 0 aromatic heterocycles. The average Bonchev–Trinajstić information content (AvgIpc) is 2.17. The van der Waals surface area contributed by atoms with Crippen LogP contribution in [0.5, 0.6) is 0 Å². The van der Waals surface area contributed by atoms with Gasteiger partial charge in [0.2, 0.25) is 0 Å². The summed E-state index contributed by atoms with van der Waals surface area (Å²) in [6.07, 6.45) is 2.35. The molecule has 3 heteroatoms. The summed E-state index contributed by atoms with van der Waals surface area (Å²) < 4.78 is 10.9. The average molecular weight is 213 g/mol. The number of ether oxygens (including phenoxy) is 2. The van der Waals surface area contributed by atoms with Crippen LogP contribution in [0.1, 0.15) is 26.7 Å². The minimum absolute atomic E-state index is 0.188. The Morgan fingerprint density at radius 2 is 1.80 bits per heavy atom. The fourth-order valence-corrected chi connectivity index (χ4v) is 2.95. The van der Waals surface area contributed by atoms with Crippen molar-refractivity contribution in [2.24, 2.45) is 22.5 Å². The summed E-state index contributed by atoms with van der Waals surface area (Å²) in [5.74, 6) is 0.735. The van der Waals surface area contributed by atoms with E-state index in [-0.39, 0.29) is 5.41 Å². The maximum absolute atomic E-state index is 5.92. The molecule has 2 fully saturated rings. The standard InChI is InChI=1S/C12H23NO2/c1-11(2,7-13)12(8-15-9-12)10-3-5-14-6-4-10/h10H,3-9,13H2,1-2H3. The van der Waals surface area contributed by atoms with E-state index in [1.165, 1.54) is 12.8 Å². The third-order valence-corrected chi connectivity index (χ3v) is 4.58. The molecule has 2 aliphatic rings. The van der Waals surface area contributed by atoms with Gasteiger partial charge in [0, 0.05) is 18.6 Å². The van der Waals surface area contributed by atoms with Crippen molar-refractivity contribution >= 4 is 0 Å². The Balaban J connectivity index is 2.13. The summed E-state index contributed by atoms with van der Waals surface area (Å²) in [4.78, 5) is 0. The number of rotatable bonds is 3. The van der Waals surface area contributed by atoms with E-state index >= 15 is 0 Å². The van der Waals surface area contributed by atoms with Crippen molar-refractivity contribution in [2.45, 2.75) is 26.7 Å². The molecule has 3 nitrogen and oxygen atoms in total. The van der Waals surface area contributed by atoms with Crippen LogP contribution in [0.2, 0.25) is 0 Å². The quantitative estimate of drug-likeness (QED) is 0.771. The fourth-order valence-electron chi connectivity index (χ4n) is 2.95. The molecule has 0 atom stereocenters. The first-order valence-corrected chi connectivity index (χ1v) is 5.98. The lowest BCUT2D eigenvalue weighted by Gasteiger charge is -2.57. The molecule has 0 spiro atoms. The van der Waals surface area contributed by atoms with Crippen molar-refractivity contribution in [1.82, 2.24) is 0 Å². The predicted octanol–water partition coefficient (Wildman–Crippen LogP) is 1.41. The fraction of sp³-hybridized carbons (Fsp3) is 1.00. The molecule has 0 aromatic carbocycles. The van der Waals surface area contributed by atoms with Crippen LogP contribution in [0.25, 0.3) is 0 Å². The van der Waals surface area contributed by atoms with Crippen LogP contribution in [0.3, 0.4) is 0 Å². The highest BCUT2D eigenvalue weighted by Crippen LogP contribution is 2.52. The molecule has 2 N–H and O–H groups in total. The SMILES string of the molecule is CC(C)(CN)C1(C2CCOCC2)COC1. The number of nitrogens with two attached hydrogens (primary N) is 1. The Kier molecular flexibility index (Phi) is 3.06. The van der Waals surface area contributed by atoms with E-state index < -0.39 is 0 Å². The Hall–Kier alpha value is -0.120. The first kappa shape index (κ1) is 11.4. The van der Waals surface area contributed by atoms with Gasteiger partial charge in [-0.3, -0.25) is 0 Å². The molecule has 15 heavy (non-hydrogen) atoms. The van der Waals surface area contributed by atoms with E-state index in [2.05, 4.69) is 13.8 Å². The topological polar surface area (TPSA) is 44.5 Å². The zero-order valence-corrected chi connectivity index (χ0v) is 9.92. The molecule has 0 saturated carbocycles. The molecular weight excluding hydrogens is 190 g/mol. The molecule has 2 saturated heterocycles. The van der Waals surface area contributed by atoms with Crippen molar-refractivity contribution in [2.75, 3.05) is 33.0 Å². The molecule has 0 radical (unpaired) electrons. The Labute approximate surface area is 92.3 Å². The Morgan fingerprint density at radius 3 is 2.20 bits per heavy atom. The van der Waals surface area contributed by atoms with E-state index in [1.54, 1.807) is 0 Å². The molecule has 2 aliphatic heterocycles. The van der Waals surface area contributed by atoms with Gasteiger partial charge in [0.25, 0.3) is 0 Å². The molecule has 0 aliphatic carbocycles. The molecular formula is C12H23NO2. The monoisotopic (exact) mass is 213 g/mol. The van der Waals surface area contributed by atoms with E-state index in [1.807, 2.05) is 0 Å². The predicted molar refractivity (Wildman–Crippen MR) is 59.6 cm³/mol. The summed E-state index contributed by atoms with van der Waals surface area (Å²) in [5.41, 5.74) is 6.42. The highest BCUT2D eigenvalue weighted by Gasteiger charge is 2.54. The summed E-state index contributed by atoms with van der Waals surface area (Å²) >= 11 is 0. The summed E-state index contributed by atoms with van der Waals surface area (Å²) in [6, 6.07) is 0. The molecule has 2 heterocycles. The Morgan fingerprint density at radius 1 is 1.20 bits per heavy atom. The van der Waals surface area contributed by atoms with Gasteiger partial charge in [-0.05, 0) is 30.7 Å². The molecule has 0 aromatic rings. The molecule has 88 valence electrons. The lowest BCUT2D eigenvalue weighted by atomic mass is 9.56. The van der Waals surface area contributed by atoms with Gasteiger partial charge in [-0.25, -0.2) is 0 Å². The highest BCUT2D eigenvalue weighted by atomic mass is 16.5. The van der Waals surface area contributed by atoms with Crippen molar-refractivity contribution in [3.05, 3.63) is 0 Å². The molecule has 0 amide bonds. The second-order valence-electron chi connectivity index (χ2n) is 5.62. The van der Waals surface area contributed by atoms with Gasteiger partial charge >= 0.3 is 0 Å². The zero-order valence-electron chi connectivity index (χ0n) is 9.92. The van der Waals surface area contributed by atoms with Crippen molar-refractivity contribution < 1.29 is 9.47 Å². The van der Waals surface area contributed by atoms with E-state index in [0.29, 0.717) is 5.41 Å². The minimum atomic E-state index is 0.188. The van der Waals surface area contributed by atoms with Crippen LogP contribution in [0, 0.1) is 16.7 Å². The first-order chi connectivity index (χ1) is 7.12. The third kappa shape index (κ3) is 1.71. The molecule has 0 bridgehead atoms. The van der Waals surface area contributed by atoms with Crippen molar-refractivity contribution in [3.63, 3.8) is 0 Å². The van der Waals surface area contributed by atoms with Crippen LogP contribution >= 0.6 is 0 Å². The maximum Gasteiger partial charge on any atom is 0.0553 e. The minimum Gasteiger partial charge on any atom is -0.381 e. The molecule has 0 unspecified atom stereocenters. The largest absolute Gasteiger partial charge is 0.381 e. The van der Waals surface area contributed by atoms with Gasteiger partial charge in [-0.2, -0.15) is 0 Å². The summed E-state index contributed by atoms with van der Waals surface area (Å²) in [6.45, 7) is 8.91. The van der Waals surface area contributed by atoms with Crippen LogP contribution in [0.15, 0.2) is 0 Å². The zero-order chi connectivity index (χ0) is 10.9.